The van der Waals surface area contributed by atoms with Gasteiger partial charge in [-0.1, -0.05) is 0 Å². The van der Waals surface area contributed by atoms with Crippen LogP contribution < -0.4 is 10.4 Å². The van der Waals surface area contributed by atoms with E-state index in [1.165, 1.54) is 0 Å². The van der Waals surface area contributed by atoms with Crippen LogP contribution in [0.4, 0.5) is 0 Å². The highest BCUT2D eigenvalue weighted by Crippen LogP contribution is 2.23. The number of nitrogens with zero attached hydrogens (tertiary/aromatic N) is 5. The van der Waals surface area contributed by atoms with Crippen molar-refractivity contribution >= 4 is 12.6 Å². The zero-order valence-electron chi connectivity index (χ0n) is 15.8. The lowest BCUT2D eigenvalue weighted by Gasteiger charge is -2.33. The third kappa shape index (κ3) is 3.90. The first kappa shape index (κ1) is 18.8. The Labute approximate surface area is 157 Å². The molecule has 1 aliphatic heterocycles. The molecule has 0 aliphatic carbocycles. The molecule has 1 aliphatic rings. The van der Waals surface area contributed by atoms with E-state index in [0.717, 1.165) is 11.4 Å². The molecule has 8 nitrogen and oxygen atoms in total. The number of benzene rings is 1. The highest BCUT2D eigenvalue weighted by molar-refractivity contribution is 5.94. The van der Waals surface area contributed by atoms with Gasteiger partial charge in [-0.05, 0) is 37.3 Å². The molecule has 1 saturated heterocycles. The Balaban J connectivity index is 1.87. The lowest BCUT2D eigenvalue weighted by Crippen LogP contribution is -2.43. The molecule has 0 radical (unpaired) electrons. The van der Waals surface area contributed by atoms with E-state index >= 15 is 0 Å². The summed E-state index contributed by atoms with van der Waals surface area (Å²) in [4.78, 5) is 23.2. The monoisotopic (exact) mass is 369 g/mol. The van der Waals surface area contributed by atoms with Crippen LogP contribution in [0.25, 0.3) is 0 Å². The number of aromatic nitrogens is 2. The van der Waals surface area contributed by atoms with Gasteiger partial charge in [0.25, 0.3) is 5.91 Å². The molecule has 1 aromatic carbocycles. The molecule has 2 heterocycles. The Hall–Kier alpha value is -3.00. The second-order valence-electron chi connectivity index (χ2n) is 6.14. The quantitative estimate of drug-likeness (QED) is 0.763. The molecule has 0 spiro atoms. The fourth-order valence-electron chi connectivity index (χ4n) is 3.08. The molecule has 1 fully saturated rings. The van der Waals surface area contributed by atoms with E-state index in [2.05, 4.69) is 21.8 Å². The summed E-state index contributed by atoms with van der Waals surface area (Å²) in [6, 6.07) is 8.98. The van der Waals surface area contributed by atoms with E-state index in [-0.39, 0.29) is 12.0 Å². The maximum Gasteiger partial charge on any atom is 0.254 e. The van der Waals surface area contributed by atoms with Crippen LogP contribution in [-0.4, -0.2) is 61.0 Å². The molecular formula is C19H23N5O3. The molecule has 2 aromatic rings. The van der Waals surface area contributed by atoms with Crippen LogP contribution >= 0.6 is 0 Å². The molecule has 0 saturated carbocycles. The van der Waals surface area contributed by atoms with Gasteiger partial charge < -0.3 is 14.4 Å². The first-order valence-corrected chi connectivity index (χ1v) is 8.62. The molecule has 0 N–H and O–H groups in total. The first-order valence-electron chi connectivity index (χ1n) is 8.62. The second-order valence-corrected chi connectivity index (χ2v) is 6.14. The lowest BCUT2D eigenvalue weighted by molar-refractivity contribution is -0.0265. The van der Waals surface area contributed by atoms with Crippen LogP contribution in [-0.2, 0) is 4.74 Å². The van der Waals surface area contributed by atoms with Gasteiger partial charge in [-0.2, -0.15) is 5.10 Å². The minimum absolute atomic E-state index is 0.0461. The van der Waals surface area contributed by atoms with Crippen molar-refractivity contribution in [2.24, 2.45) is 10.1 Å². The average Bonchev–Trinajstić information content (AvgIpc) is 2.72. The third-order valence-corrected chi connectivity index (χ3v) is 4.43. The van der Waals surface area contributed by atoms with Crippen LogP contribution in [0.15, 0.2) is 40.4 Å². The van der Waals surface area contributed by atoms with E-state index in [1.807, 2.05) is 13.0 Å². The van der Waals surface area contributed by atoms with Gasteiger partial charge in [0.15, 0.2) is 0 Å². The van der Waals surface area contributed by atoms with Gasteiger partial charge in [-0.25, -0.2) is 9.66 Å². The van der Waals surface area contributed by atoms with Crippen LogP contribution in [0, 0.1) is 6.92 Å². The summed E-state index contributed by atoms with van der Waals surface area (Å²) in [5.41, 5.74) is 2.63. The third-order valence-electron chi connectivity index (χ3n) is 4.43. The van der Waals surface area contributed by atoms with Gasteiger partial charge in [-0.15, -0.1) is 0 Å². The van der Waals surface area contributed by atoms with Gasteiger partial charge in [0.1, 0.15) is 11.9 Å². The van der Waals surface area contributed by atoms with E-state index in [0.29, 0.717) is 36.6 Å². The number of carbonyl (C=O) groups is 1. The van der Waals surface area contributed by atoms with E-state index in [4.69, 9.17) is 9.47 Å². The zero-order valence-corrected chi connectivity index (χ0v) is 15.8. The molecule has 0 bridgehead atoms. The van der Waals surface area contributed by atoms with Crippen molar-refractivity contribution in [2.45, 2.75) is 13.0 Å². The molecule has 8 heteroatoms. The van der Waals surface area contributed by atoms with Crippen molar-refractivity contribution in [1.29, 1.82) is 0 Å². The highest BCUT2D eigenvalue weighted by Gasteiger charge is 2.28. The number of morpholine rings is 1. The van der Waals surface area contributed by atoms with Gasteiger partial charge >= 0.3 is 0 Å². The maximum atomic E-state index is 12.9. The number of amides is 1. The predicted molar refractivity (Wildman–Crippen MR) is 101 cm³/mol. The molecule has 142 valence electrons. The predicted octanol–water partition coefficient (Wildman–Crippen LogP) is 1.41. The number of rotatable bonds is 4. The van der Waals surface area contributed by atoms with Crippen molar-refractivity contribution in [2.75, 3.05) is 33.9 Å². The molecule has 27 heavy (non-hydrogen) atoms. The summed E-state index contributed by atoms with van der Waals surface area (Å²) in [5.74, 6) is 0.669. The topological polar surface area (TPSA) is 81.3 Å². The highest BCUT2D eigenvalue weighted by atomic mass is 16.5. The van der Waals surface area contributed by atoms with E-state index in [9.17, 15) is 4.79 Å². The smallest absolute Gasteiger partial charge is 0.254 e. The molecule has 1 amide bonds. The lowest BCUT2D eigenvalue weighted by atomic mass is 10.1. The van der Waals surface area contributed by atoms with Crippen LogP contribution in [0.2, 0.25) is 0 Å². The second kappa shape index (κ2) is 8.13. The molecule has 1 unspecified atom stereocenters. The number of ether oxygens (including phenoxy) is 2. The van der Waals surface area contributed by atoms with Crippen molar-refractivity contribution in [3.05, 3.63) is 52.9 Å². The SMILES string of the molecule is C=Nn1c(C2CN(C(=O)c3ccc(OC)cc3)CCO2)cc(C)n/c1=N/C. The normalized spacial score (nSPS) is 17.7. The Kier molecular flexibility index (Phi) is 5.66. The van der Waals surface area contributed by atoms with Crippen LogP contribution in [0.3, 0.4) is 0 Å². The Morgan fingerprint density at radius 3 is 2.74 bits per heavy atom. The summed E-state index contributed by atoms with van der Waals surface area (Å²) < 4.78 is 12.6. The Morgan fingerprint density at radius 1 is 1.37 bits per heavy atom. The molecule has 1 atom stereocenters. The van der Waals surface area contributed by atoms with Gasteiger partial charge in [0, 0.05) is 31.6 Å². The summed E-state index contributed by atoms with van der Waals surface area (Å²) in [6.45, 7) is 6.86. The number of carbonyl (C=O) groups excluding carboxylic acids is 1. The van der Waals surface area contributed by atoms with Crippen LogP contribution in [0.1, 0.15) is 27.8 Å². The van der Waals surface area contributed by atoms with E-state index < -0.39 is 0 Å². The Morgan fingerprint density at radius 2 is 2.11 bits per heavy atom. The van der Waals surface area contributed by atoms with Gasteiger partial charge in [0.2, 0.25) is 5.62 Å². The largest absolute Gasteiger partial charge is 0.497 e. The maximum absolute atomic E-state index is 12.9. The van der Waals surface area contributed by atoms with Gasteiger partial charge in [-0.3, -0.25) is 9.79 Å². The fraction of sp³-hybridized carbons (Fsp3) is 0.368. The molecule has 3 rings (SSSR count). The minimum atomic E-state index is -0.339. The summed E-state index contributed by atoms with van der Waals surface area (Å²) in [5, 5.41) is 4.02. The standard InChI is InChI=1S/C19H23N5O3/c1-13-11-16(24(21-3)19(20-2)22-13)17-12-23(9-10-27-17)18(25)14-5-7-15(26-4)8-6-14/h5-8,11,17H,3,9-10,12H2,1-2,4H3/b20-19-. The van der Waals surface area contributed by atoms with Gasteiger partial charge in [0.05, 0.1) is 26.0 Å². The molecule has 1 aromatic heterocycles. The van der Waals surface area contributed by atoms with E-state index in [1.54, 1.807) is 48.0 Å². The molecular weight excluding hydrogens is 346 g/mol. The van der Waals surface area contributed by atoms with Crippen molar-refractivity contribution < 1.29 is 14.3 Å². The van der Waals surface area contributed by atoms with Crippen molar-refractivity contribution in [3.63, 3.8) is 0 Å². The summed E-state index contributed by atoms with van der Waals surface area (Å²) >= 11 is 0. The summed E-state index contributed by atoms with van der Waals surface area (Å²) in [7, 11) is 3.24. The van der Waals surface area contributed by atoms with Crippen molar-refractivity contribution in [3.8, 4) is 5.75 Å². The fourth-order valence-corrected chi connectivity index (χ4v) is 3.08. The number of hydrogen-bond donors (Lipinski definition) is 0. The Bertz CT molecular complexity index is 905. The zero-order chi connectivity index (χ0) is 19.4. The van der Waals surface area contributed by atoms with Crippen molar-refractivity contribution in [1.82, 2.24) is 14.6 Å². The summed E-state index contributed by atoms with van der Waals surface area (Å²) in [6.07, 6.45) is -0.339. The number of methoxy groups -OCH3 is 1. The number of aryl methyl sites for hydroxylation is 1. The minimum Gasteiger partial charge on any atom is -0.497 e. The average molecular weight is 369 g/mol. The number of hydrogen-bond acceptors (Lipinski definition) is 6. The van der Waals surface area contributed by atoms with Crippen LogP contribution in [0.5, 0.6) is 5.75 Å². The first-order chi connectivity index (χ1) is 13.1.